The first-order chi connectivity index (χ1) is 58.2. The summed E-state index contributed by atoms with van der Waals surface area (Å²) in [7, 11) is 0. The summed E-state index contributed by atoms with van der Waals surface area (Å²) in [5, 5.41) is 24.8. The monoisotopic (exact) mass is 4090 g/mol. The first-order valence-electron chi connectivity index (χ1n) is 39.4. The van der Waals surface area contributed by atoms with Crippen LogP contribution in [0.15, 0.2) is 85.5 Å². The van der Waals surface area contributed by atoms with Crippen molar-refractivity contribution < 1.29 is 375 Å². The fourth-order valence-electron chi connectivity index (χ4n) is 9.86. The summed E-state index contributed by atoms with van der Waals surface area (Å²) in [6, 6.07) is 17.3. The van der Waals surface area contributed by atoms with E-state index >= 15 is 0 Å². The molecule has 2 amide bonds. The maximum atomic E-state index is 11.6. The number of carbonyl (C=O) groups is 14. The van der Waals surface area contributed by atoms with Gasteiger partial charge in [-0.05, 0) is 95.9 Å². The zero-order valence-electron chi connectivity index (χ0n) is 76.9. The third-order valence-electron chi connectivity index (χ3n) is 15.9. The number of hydrogen-bond acceptors (Lipinski definition) is 29. The van der Waals surface area contributed by atoms with Crippen LogP contribution < -0.4 is 18.9 Å². The second kappa shape index (κ2) is 106. The smallest absolute Gasteiger partial charge is 0.317 e. The van der Waals surface area contributed by atoms with E-state index < -0.39 is 17.7 Å². The SMILES string of the molecule is [CH2-]C(=O)CN(CCN(CC([CH2-])=O)CC(=O)O)CC(C)=O.[CH2-]CC(=O)N1CCN(C(=O)CCC)CC1.[CH2-]CC(=O)c1ccc(C(=O)CCC)nn1.[CH2-]CC(=O)c1ccc(C(=O)C[CH2-])cc1.[CH2-]CC(=O)c1ncc(C(=O)CCC)cn1.[CH2-]CN(CCOCCN(C[CH2-])CC(=O)O)CC(C)=O.[CH2-]COc1ccc(OC[CH2-])cc1.[CH2-]COc1cnc(OC[CH2-])nc1.[W].[W].[W].[W].[W].[W].[W].[W].[W].[W].[W].[W].[W]. The van der Waals surface area contributed by atoms with Gasteiger partial charge in [-0.2, -0.15) is 9.97 Å². The van der Waals surface area contributed by atoms with Gasteiger partial charge >= 0.3 is 17.9 Å². The fraction of sp³-hybridized carbons (Fsp3) is 0.427. The van der Waals surface area contributed by atoms with Gasteiger partial charge in [0.15, 0.2) is 40.6 Å². The standard InChI is InChI=1S/C13H20N2O5.C13H24N2O4.C12H12O2.C11H19N2O2.2C11H13N2O2.C10H12O2.C8H10N2O2.13W/c1-10(16)6-14(7-11(2)17)4-5-15(8-12(3)18)9-13(19)20;1-4-14(10-12(3)16)6-8-19-9-7-15(5-2)11-13(17)18;1-3-11(13)9-5-7-10(8-6-9)12(14)4-2;1-3-5-11(15)13-8-6-12(7-9-13)10(14)4-2;1-3-5-10(15)8-6-12-11(13-7-8)9(14)4-2;1-3-5-11(15)9-7-6-8(12-13-9)10(14)4-2;1-3-11-9-5-7-10(8-6-9)12-4-2;1-3-11-7-5-9-8(10-6-7)12-4-2;;;;;;;;;;;;;/h1,3-9H2,2H3,(H,19,20);1-2,4-11H2,3H3,(H,17,18);5-8H,1-4H2;2-9H2,1H3;2*6-7H,2-5H2,1H3;5-8H,1-4H2;5-6H,1-4H2;;;;;;;;;;;;;/q3*-2;3*-1;2*-2;;;;;;;;;;;;;. The first kappa shape index (κ1) is 166. The molecular weight excluding hydrogens is 3960 g/mol. The van der Waals surface area contributed by atoms with Crippen LogP contribution in [0, 0.1) is 90.0 Å². The van der Waals surface area contributed by atoms with Crippen LogP contribution in [0.2, 0.25) is 0 Å². The van der Waals surface area contributed by atoms with Crippen LogP contribution >= 0.6 is 0 Å². The summed E-state index contributed by atoms with van der Waals surface area (Å²) in [4.78, 5) is 181. The number of nitrogens with zero attached hydrogens (tertiary/aromatic N) is 12. The number of aliphatic carboxylic acids is 2. The van der Waals surface area contributed by atoms with E-state index in [0.717, 1.165) is 30.8 Å². The Balaban J connectivity index is -0.0000000929. The number of ether oxygens (including phenoxy) is 5. The number of carbonyl (C=O) groups excluding carboxylic acids is 12. The van der Waals surface area contributed by atoms with Crippen molar-refractivity contribution in [3.8, 4) is 23.3 Å². The number of aromatic nitrogens is 6. The van der Waals surface area contributed by atoms with Crippen molar-refractivity contribution in [2.45, 2.75) is 105 Å². The minimum Gasteiger partial charge on any atom is -0.525 e. The van der Waals surface area contributed by atoms with E-state index in [4.69, 9.17) is 33.9 Å². The van der Waals surface area contributed by atoms with E-state index in [1.54, 1.807) is 45.9 Å². The van der Waals surface area contributed by atoms with Gasteiger partial charge in [-0.3, -0.25) is 67.3 Å². The van der Waals surface area contributed by atoms with Crippen molar-refractivity contribution in [3.63, 3.8) is 0 Å². The maximum absolute atomic E-state index is 11.6. The average molecular weight is 4090 g/mol. The third-order valence-corrected chi connectivity index (χ3v) is 15.9. The molecule has 5 aromatic rings. The number of hydrogen-bond donors (Lipinski definition) is 2. The van der Waals surface area contributed by atoms with Gasteiger partial charge in [-0.1, -0.05) is 45.0 Å². The topological polar surface area (TPSA) is 422 Å². The third kappa shape index (κ3) is 85.0. The Hall–Kier alpha value is -2.05. The molecule has 6 rings (SSSR count). The maximum Gasteiger partial charge on any atom is 0.317 e. The largest absolute Gasteiger partial charge is 0.525 e. The van der Waals surface area contributed by atoms with Crippen LogP contribution in [0.4, 0.5) is 0 Å². The molecule has 756 valence electrons. The van der Waals surface area contributed by atoms with Gasteiger partial charge in [0.25, 0.3) is 0 Å². The number of ketones is 10. The average Bonchev–Trinajstić information content (AvgIpc) is 0.879. The minimum absolute atomic E-state index is 0. The number of Topliss-reactive ketones (excluding diaryl/α,β-unsaturated/α-hetero) is 10. The molecule has 0 radical (unpaired) electrons. The molecule has 1 aliphatic rings. The van der Waals surface area contributed by atoms with E-state index in [0.29, 0.717) is 165 Å². The zero-order valence-corrected chi connectivity index (χ0v) is 115. The molecule has 3 aromatic heterocycles. The molecule has 33 nitrogen and oxygen atoms in total. The predicted molar refractivity (Wildman–Crippen MR) is 461 cm³/mol. The molecule has 2 aromatic carbocycles. The van der Waals surface area contributed by atoms with E-state index in [1.807, 2.05) is 54.8 Å². The molecule has 0 aliphatic carbocycles. The van der Waals surface area contributed by atoms with Crippen molar-refractivity contribution in [1.82, 2.24) is 59.5 Å². The van der Waals surface area contributed by atoms with Gasteiger partial charge in [-0.25, -0.2) is 9.97 Å². The fourth-order valence-corrected chi connectivity index (χ4v) is 9.86. The summed E-state index contributed by atoms with van der Waals surface area (Å²) in [5.41, 5.74) is 2.23. The quantitative estimate of drug-likeness (QED) is 0.0208. The molecule has 0 unspecified atom stereocenters. The van der Waals surface area contributed by atoms with Crippen molar-refractivity contribution in [3.05, 3.63) is 209 Å². The first-order valence-corrected chi connectivity index (χ1v) is 39.4. The molecule has 135 heavy (non-hydrogen) atoms. The minimum atomic E-state index is -1.06. The Bertz CT molecular complexity index is 3620. The Morgan fingerprint density at radius 3 is 1.01 bits per heavy atom. The van der Waals surface area contributed by atoms with Crippen LogP contribution in [0.1, 0.15) is 168 Å². The number of carboxylic acids is 2. The van der Waals surface area contributed by atoms with E-state index in [1.165, 1.54) is 48.7 Å². The van der Waals surface area contributed by atoms with Crippen molar-refractivity contribution >= 4 is 81.6 Å². The van der Waals surface area contributed by atoms with Crippen LogP contribution in [0.3, 0.4) is 0 Å². The summed E-state index contributed by atoms with van der Waals surface area (Å²) in [5.74, 6) is -0.493. The second-order valence-electron chi connectivity index (χ2n) is 25.9. The van der Waals surface area contributed by atoms with Crippen molar-refractivity contribution in [1.29, 1.82) is 0 Å². The molecule has 0 atom stereocenters. The summed E-state index contributed by atoms with van der Waals surface area (Å²) < 4.78 is 25.7. The van der Waals surface area contributed by atoms with Crippen LogP contribution in [-0.2, 0) is 317 Å². The van der Waals surface area contributed by atoms with Crippen LogP contribution in [-0.4, -0.2) is 296 Å². The van der Waals surface area contributed by atoms with Gasteiger partial charge in [0, 0.05) is 394 Å². The van der Waals surface area contributed by atoms with E-state index in [-0.39, 0.29) is 414 Å². The number of rotatable bonds is 48. The molecule has 0 bridgehead atoms. The Morgan fingerprint density at radius 2 is 0.681 bits per heavy atom. The Kier molecular flexibility index (Phi) is 131. The molecule has 1 fully saturated rings. The summed E-state index contributed by atoms with van der Waals surface area (Å²) in [6.07, 6.45) is 10.9. The number of amides is 2. The number of carboxylic acid groups (broad SMARTS) is 2. The van der Waals surface area contributed by atoms with E-state index in [9.17, 15) is 67.1 Å². The molecule has 0 spiro atoms. The Labute approximate surface area is 986 Å². The molecule has 1 aliphatic heterocycles. The number of piperazine rings is 1. The second-order valence-corrected chi connectivity index (χ2v) is 25.9. The van der Waals surface area contributed by atoms with Gasteiger partial charge in [0.2, 0.25) is 5.91 Å². The van der Waals surface area contributed by atoms with Crippen LogP contribution in [0.5, 0.6) is 23.3 Å². The van der Waals surface area contributed by atoms with E-state index in [2.05, 4.69) is 120 Å². The molecule has 0 saturated carbocycles. The predicted octanol–water partition coefficient (Wildman–Crippen LogP) is 8.92. The van der Waals surface area contributed by atoms with Gasteiger partial charge in [-0.15, -0.1) is 55.4 Å². The van der Waals surface area contributed by atoms with Crippen LogP contribution in [0.25, 0.3) is 0 Å². The van der Waals surface area contributed by atoms with Gasteiger partial charge in [0.05, 0.1) is 57.3 Å². The summed E-state index contributed by atoms with van der Waals surface area (Å²) in [6.45, 7) is 62.3. The van der Waals surface area contributed by atoms with Gasteiger partial charge < -0.3 is 153 Å². The normalized spacial score (nSPS) is 9.96. The van der Waals surface area contributed by atoms with Gasteiger partial charge in [0.1, 0.15) is 46.0 Å². The Morgan fingerprint density at radius 1 is 0.348 bits per heavy atom. The summed E-state index contributed by atoms with van der Waals surface area (Å²) >= 11 is 0. The molecule has 4 heterocycles. The molecule has 2 N–H and O–H groups in total. The number of benzene rings is 2. The molecule has 1 saturated heterocycles. The zero-order chi connectivity index (χ0) is 92.3. The molecule has 46 heteroatoms. The van der Waals surface area contributed by atoms with Crippen molar-refractivity contribution in [2.75, 3.05) is 144 Å². The van der Waals surface area contributed by atoms with Crippen molar-refractivity contribution in [2.24, 2.45) is 0 Å². The molecular formula is C89H123N12O21W13-13.